The molecule has 1 aliphatic rings. The predicted molar refractivity (Wildman–Crippen MR) is 133 cm³/mol. The first kappa shape index (κ1) is 22.6. The van der Waals surface area contributed by atoms with E-state index in [0.717, 1.165) is 11.4 Å². The van der Waals surface area contributed by atoms with Crippen molar-refractivity contribution < 1.29 is 14.6 Å². The van der Waals surface area contributed by atoms with E-state index in [1.54, 1.807) is 12.0 Å². The summed E-state index contributed by atoms with van der Waals surface area (Å²) in [7, 11) is 1.65. The van der Waals surface area contributed by atoms with Gasteiger partial charge in [-0.2, -0.15) is 4.68 Å². The summed E-state index contributed by atoms with van der Waals surface area (Å²) in [6, 6.07) is 26.2. The third-order valence-electron chi connectivity index (χ3n) is 6.43. The minimum absolute atomic E-state index is 0.262. The second-order valence-corrected chi connectivity index (χ2v) is 8.45. The molecule has 0 spiro atoms. The van der Waals surface area contributed by atoms with Crippen molar-refractivity contribution in [2.45, 2.75) is 5.60 Å². The molecular formula is C27H27N5O3. The average Bonchev–Trinajstić information content (AvgIpc) is 3.44. The van der Waals surface area contributed by atoms with Crippen LogP contribution in [0.5, 0.6) is 5.75 Å². The zero-order valence-electron chi connectivity index (χ0n) is 19.5. The van der Waals surface area contributed by atoms with Gasteiger partial charge in [-0.15, -0.1) is 5.10 Å². The summed E-state index contributed by atoms with van der Waals surface area (Å²) in [5, 5.41) is 20.2. The van der Waals surface area contributed by atoms with Crippen LogP contribution in [0.3, 0.4) is 0 Å². The van der Waals surface area contributed by atoms with Gasteiger partial charge in [0.25, 0.3) is 0 Å². The summed E-state index contributed by atoms with van der Waals surface area (Å²) in [6.07, 6.45) is 1.53. The van der Waals surface area contributed by atoms with E-state index in [1.807, 2.05) is 84.9 Å². The molecule has 1 amide bonds. The van der Waals surface area contributed by atoms with E-state index >= 15 is 0 Å². The van der Waals surface area contributed by atoms with Crippen LogP contribution in [0.1, 0.15) is 16.8 Å². The number of methoxy groups -OCH3 is 1. The number of rotatable bonds is 5. The number of anilines is 1. The molecule has 1 aromatic heterocycles. The van der Waals surface area contributed by atoms with E-state index in [0.29, 0.717) is 43.0 Å². The molecule has 1 saturated heterocycles. The Bertz CT molecular complexity index is 1230. The molecule has 2 heterocycles. The molecule has 1 aliphatic heterocycles. The molecule has 0 bridgehead atoms. The molecule has 1 fully saturated rings. The van der Waals surface area contributed by atoms with Crippen molar-refractivity contribution in [3.05, 3.63) is 108 Å². The molecule has 0 radical (unpaired) electrons. The molecule has 0 atom stereocenters. The first-order valence-corrected chi connectivity index (χ1v) is 11.5. The number of hydrogen-bond acceptors (Lipinski definition) is 6. The number of ether oxygens (including phenoxy) is 1. The fraction of sp³-hybridized carbons (Fsp3) is 0.222. The summed E-state index contributed by atoms with van der Waals surface area (Å²) >= 11 is 0. The average molecular weight is 470 g/mol. The zero-order chi connectivity index (χ0) is 24.3. The highest BCUT2D eigenvalue weighted by atomic mass is 16.5. The van der Waals surface area contributed by atoms with Crippen LogP contribution in [0, 0.1) is 0 Å². The van der Waals surface area contributed by atoms with Crippen molar-refractivity contribution >= 4 is 11.7 Å². The predicted octanol–water partition coefficient (Wildman–Crippen LogP) is 3.36. The molecule has 3 aromatic carbocycles. The summed E-state index contributed by atoms with van der Waals surface area (Å²) in [5.74, 6) is 0.815. The van der Waals surface area contributed by atoms with Crippen LogP contribution >= 0.6 is 0 Å². The Kier molecular flexibility index (Phi) is 6.20. The first-order chi connectivity index (χ1) is 17.1. The number of amides is 1. The minimum Gasteiger partial charge on any atom is -0.497 e. The summed E-state index contributed by atoms with van der Waals surface area (Å²) in [5.41, 5.74) is 1.16. The van der Waals surface area contributed by atoms with Crippen LogP contribution in [0.25, 0.3) is 0 Å². The summed E-state index contributed by atoms with van der Waals surface area (Å²) < 4.78 is 6.45. The highest BCUT2D eigenvalue weighted by molar-refractivity contribution is 5.76. The maximum atomic E-state index is 13.2. The Hall–Kier alpha value is -4.17. The Morgan fingerprint density at radius 1 is 0.857 bits per heavy atom. The van der Waals surface area contributed by atoms with Gasteiger partial charge >= 0.3 is 6.03 Å². The lowest BCUT2D eigenvalue weighted by Crippen LogP contribution is -2.50. The maximum Gasteiger partial charge on any atom is 0.346 e. The monoisotopic (exact) mass is 469 g/mol. The van der Waals surface area contributed by atoms with Gasteiger partial charge in [-0.1, -0.05) is 65.9 Å². The molecule has 1 N–H and O–H groups in total. The quantitative estimate of drug-likeness (QED) is 0.483. The summed E-state index contributed by atoms with van der Waals surface area (Å²) in [6.45, 7) is 2.53. The fourth-order valence-corrected chi connectivity index (χ4v) is 4.44. The van der Waals surface area contributed by atoms with Crippen molar-refractivity contribution in [1.29, 1.82) is 0 Å². The van der Waals surface area contributed by atoms with Crippen molar-refractivity contribution in [2.75, 3.05) is 38.2 Å². The summed E-state index contributed by atoms with van der Waals surface area (Å²) in [4.78, 5) is 17.2. The molecule has 8 nitrogen and oxygen atoms in total. The molecule has 178 valence electrons. The van der Waals surface area contributed by atoms with Gasteiger partial charge in [0.1, 0.15) is 11.4 Å². The topological polar surface area (TPSA) is 83.7 Å². The molecule has 35 heavy (non-hydrogen) atoms. The minimum atomic E-state index is -1.53. The fourth-order valence-electron chi connectivity index (χ4n) is 4.44. The third kappa shape index (κ3) is 4.36. The number of carbonyl (C=O) groups excluding carboxylic acids is 1. The van der Waals surface area contributed by atoms with Gasteiger partial charge in [-0.25, -0.2) is 4.79 Å². The van der Waals surface area contributed by atoms with Crippen molar-refractivity contribution in [3.8, 4) is 5.75 Å². The lowest BCUT2D eigenvalue weighted by molar-refractivity contribution is 0.120. The normalized spacial score (nSPS) is 14.1. The molecule has 0 unspecified atom stereocenters. The van der Waals surface area contributed by atoms with Crippen LogP contribution in [0.15, 0.2) is 91.1 Å². The Labute approximate surface area is 204 Å². The van der Waals surface area contributed by atoms with E-state index in [4.69, 9.17) is 4.74 Å². The van der Waals surface area contributed by atoms with E-state index in [-0.39, 0.29) is 6.03 Å². The molecular weight excluding hydrogens is 442 g/mol. The smallest absolute Gasteiger partial charge is 0.346 e. The number of carbonyl (C=O) groups is 1. The van der Waals surface area contributed by atoms with Crippen molar-refractivity contribution in [1.82, 2.24) is 19.9 Å². The van der Waals surface area contributed by atoms with Gasteiger partial charge in [0.05, 0.1) is 13.3 Å². The van der Waals surface area contributed by atoms with Crippen LogP contribution in [-0.4, -0.2) is 64.3 Å². The van der Waals surface area contributed by atoms with Crippen LogP contribution in [-0.2, 0) is 5.60 Å². The van der Waals surface area contributed by atoms with Gasteiger partial charge in [0.2, 0.25) is 0 Å². The molecule has 0 saturated carbocycles. The van der Waals surface area contributed by atoms with Gasteiger partial charge in [-0.05, 0) is 35.4 Å². The molecule has 8 heteroatoms. The highest BCUT2D eigenvalue weighted by Gasteiger charge is 2.37. The van der Waals surface area contributed by atoms with E-state index < -0.39 is 5.60 Å². The van der Waals surface area contributed by atoms with Crippen molar-refractivity contribution in [3.63, 3.8) is 0 Å². The zero-order valence-corrected chi connectivity index (χ0v) is 19.5. The SMILES string of the molecule is COc1ccc(N2CCN(C(=O)n3cc(C(O)(c4ccccc4)c4ccccc4)nn3)CC2)cc1. The number of aliphatic hydroxyl groups is 1. The third-order valence-corrected chi connectivity index (χ3v) is 6.43. The Morgan fingerprint density at radius 3 is 1.97 bits per heavy atom. The van der Waals surface area contributed by atoms with Crippen LogP contribution < -0.4 is 9.64 Å². The second kappa shape index (κ2) is 9.60. The lowest BCUT2D eigenvalue weighted by atomic mass is 9.84. The second-order valence-electron chi connectivity index (χ2n) is 8.45. The van der Waals surface area contributed by atoms with Crippen LogP contribution in [0.4, 0.5) is 10.5 Å². The van der Waals surface area contributed by atoms with Crippen molar-refractivity contribution in [2.24, 2.45) is 0 Å². The number of piperazine rings is 1. The Morgan fingerprint density at radius 2 is 1.43 bits per heavy atom. The lowest BCUT2D eigenvalue weighted by Gasteiger charge is -2.35. The standard InChI is InChI=1S/C27H27N5O3/c1-35-24-14-12-23(13-15-24)30-16-18-31(19-17-30)26(33)32-20-25(28-29-32)27(34,21-8-4-2-5-9-21)22-10-6-3-7-11-22/h2-15,20,34H,16-19H2,1H3. The van der Waals surface area contributed by atoms with Crippen LogP contribution in [0.2, 0.25) is 0 Å². The maximum absolute atomic E-state index is 13.2. The van der Waals surface area contributed by atoms with Gasteiger partial charge < -0.3 is 19.6 Å². The molecule has 5 rings (SSSR count). The number of hydrogen-bond donors (Lipinski definition) is 1. The number of nitrogens with zero attached hydrogens (tertiary/aromatic N) is 5. The Balaban J connectivity index is 1.34. The van der Waals surface area contributed by atoms with Gasteiger partial charge in [0, 0.05) is 31.9 Å². The largest absolute Gasteiger partial charge is 0.497 e. The first-order valence-electron chi connectivity index (χ1n) is 11.5. The molecule has 4 aromatic rings. The van der Waals surface area contributed by atoms with Gasteiger partial charge in [-0.3, -0.25) is 0 Å². The molecule has 0 aliphatic carbocycles. The number of aromatic nitrogens is 3. The van der Waals surface area contributed by atoms with E-state index in [1.165, 1.54) is 10.9 Å². The van der Waals surface area contributed by atoms with Gasteiger partial charge in [0.15, 0.2) is 5.60 Å². The van der Waals surface area contributed by atoms with E-state index in [9.17, 15) is 9.90 Å². The highest BCUT2D eigenvalue weighted by Crippen LogP contribution is 2.35. The van der Waals surface area contributed by atoms with E-state index in [2.05, 4.69) is 15.2 Å². The number of benzene rings is 3.